The van der Waals surface area contributed by atoms with E-state index in [-0.39, 0.29) is 81.7 Å². The number of aromatic nitrogens is 8. The van der Waals surface area contributed by atoms with Crippen LogP contribution >= 0.6 is 0 Å². The van der Waals surface area contributed by atoms with Crippen molar-refractivity contribution in [2.75, 3.05) is 0 Å². The van der Waals surface area contributed by atoms with Crippen LogP contribution in [-0.4, -0.2) is 95.1 Å². The summed E-state index contributed by atoms with van der Waals surface area (Å²) >= 11 is 0. The van der Waals surface area contributed by atoms with Gasteiger partial charge in [0.05, 0.1) is 54.3 Å². The zero-order valence-corrected chi connectivity index (χ0v) is 55.3. The Kier molecular flexibility index (Phi) is 46.2. The van der Waals surface area contributed by atoms with Gasteiger partial charge in [-0.05, 0) is 87.1 Å². The fourth-order valence-corrected chi connectivity index (χ4v) is 9.22. The molecule has 0 fully saturated rings. The summed E-state index contributed by atoms with van der Waals surface area (Å²) in [6, 6.07) is 48.6. The minimum atomic E-state index is -1.75. The number of fused-ring (bicyclic) bond motifs is 12. The summed E-state index contributed by atoms with van der Waals surface area (Å²) < 4.78 is 0. The molecule has 12 N–H and O–H groups in total. The zero-order chi connectivity index (χ0) is 66.3. The first-order valence-corrected chi connectivity index (χ1v) is 29.3. The van der Waals surface area contributed by atoms with E-state index in [1.165, 1.54) is 0 Å². The number of carbonyl (C=O) groups is 4. The molecule has 0 saturated heterocycles. The van der Waals surface area contributed by atoms with Gasteiger partial charge < -0.3 is 82.6 Å². The average molecular weight is 1430 g/mol. The Morgan fingerprint density at radius 3 is 0.551 bits per heavy atom. The van der Waals surface area contributed by atoms with Crippen LogP contribution in [0.25, 0.3) is 87.2 Å². The molecule has 0 bridgehead atoms. The van der Waals surface area contributed by atoms with E-state index in [9.17, 15) is 29.4 Å². The van der Waals surface area contributed by atoms with E-state index in [0.717, 1.165) is 151 Å². The zero-order valence-electron chi connectivity index (χ0n) is 53.0. The third kappa shape index (κ3) is 33.1. The number of carbonyl (C=O) groups excluding carboxylic acids is 2. The summed E-state index contributed by atoms with van der Waals surface area (Å²) in [4.78, 5) is 91.6. The predicted molar refractivity (Wildman–Crippen MR) is 365 cm³/mol. The first kappa shape index (κ1) is 89.4. The summed E-state index contributed by atoms with van der Waals surface area (Å²) in [7, 11) is 0. The Hall–Kier alpha value is -10.7. The first-order valence-electron chi connectivity index (χ1n) is 29.3. The molecule has 0 amide bonds. The molecule has 518 valence electrons. The van der Waals surface area contributed by atoms with Crippen molar-refractivity contribution >= 4 is 111 Å². The van der Waals surface area contributed by atoms with Gasteiger partial charge in [0.2, 0.25) is 0 Å². The first-order chi connectivity index (χ1) is 44.5. The molecule has 0 aliphatic rings. The van der Waals surface area contributed by atoms with Crippen molar-refractivity contribution in [1.82, 2.24) is 39.9 Å². The second-order valence-corrected chi connectivity index (χ2v) is 20.1. The molecule has 0 aliphatic carbocycles. The Morgan fingerprint density at radius 1 is 0.286 bits per heavy atom. The van der Waals surface area contributed by atoms with E-state index in [2.05, 4.69) is 137 Å². The number of hydrogen-bond acceptors (Lipinski definition) is 20. The molecule has 0 unspecified atom stereocenters. The van der Waals surface area contributed by atoms with Gasteiger partial charge in [-0.15, -0.1) is 0 Å². The number of carboxylic acid groups (broad SMARTS) is 4. The van der Waals surface area contributed by atoms with Gasteiger partial charge in [0.25, 0.3) is 0 Å². The molecular weight excluding hydrogens is 1350 g/mol. The van der Waals surface area contributed by atoms with Crippen LogP contribution < -0.4 is 10.2 Å². The summed E-state index contributed by atoms with van der Waals surface area (Å²) in [6.07, 6.45) is 25.5. The molecule has 28 nitrogen and oxygen atoms in total. The van der Waals surface area contributed by atoms with E-state index in [1.54, 1.807) is 49.6 Å². The molecule has 2 radical (unpaired) electrons. The molecule has 4 aromatic carbocycles. The van der Waals surface area contributed by atoms with Gasteiger partial charge in [0, 0.05) is 117 Å². The van der Waals surface area contributed by atoms with Crippen LogP contribution in [0.3, 0.4) is 0 Å². The van der Waals surface area contributed by atoms with Gasteiger partial charge in [-0.3, -0.25) is 49.5 Å². The predicted octanol–water partition coefficient (Wildman–Crippen LogP) is 9.04. The third-order valence-electron chi connectivity index (χ3n) is 13.4. The molecule has 8 aromatic heterocycles. The van der Waals surface area contributed by atoms with Crippen LogP contribution in [0.15, 0.2) is 195 Å². The molecule has 0 saturated carbocycles. The van der Waals surface area contributed by atoms with Crippen LogP contribution in [-0.2, 0) is 64.3 Å². The van der Waals surface area contributed by atoms with Gasteiger partial charge >= 0.3 is 46.1 Å². The fraction of sp³-hybridized carbons (Fsp3) is 0.235. The minimum absolute atomic E-state index is 0. The van der Waals surface area contributed by atoms with Crippen molar-refractivity contribution < 1.29 is 106 Å². The smallest absolute Gasteiger partial charge is 0.550 e. The van der Waals surface area contributed by atoms with Crippen LogP contribution in [0.5, 0.6) is 0 Å². The molecule has 8 heterocycles. The topological polar surface area (TPSA) is 519 Å². The maximum Gasteiger partial charge on any atom is 2.00 e. The fourth-order valence-electron chi connectivity index (χ4n) is 9.22. The number of rotatable bonds is 18. The van der Waals surface area contributed by atoms with E-state index < -0.39 is 34.1 Å². The second kappa shape index (κ2) is 50.7. The van der Waals surface area contributed by atoms with Crippen LogP contribution in [0, 0.1) is 30.6 Å². The van der Waals surface area contributed by atoms with Gasteiger partial charge in [-0.2, -0.15) is 0 Å². The molecule has 12 rings (SSSR count). The number of nitrogens with zero attached hydrogens (tertiary/aromatic N) is 10. The molecule has 0 spiro atoms. The molecule has 12 aromatic rings. The van der Waals surface area contributed by atoms with Crippen molar-refractivity contribution in [3.05, 3.63) is 226 Å². The Morgan fingerprint density at radius 2 is 0.418 bits per heavy atom. The quantitative estimate of drug-likeness (QED) is 0.0202. The summed E-state index contributed by atoms with van der Waals surface area (Å²) in [5, 5.41) is 75.4. The SMILES string of the molecule is O.O.O=C(O)CCCCCCCCC(=O)O.O=C([O-])CCCCCCCCC(=O)[O-].O=[N+]([O-])[O-].O=[N+]([O-])[O-].[Mn+2].[Mn+2].[OH3+].[OH3+].c1cnc2c(c1)ccc1cccnc12.c1cnc2c(c1)ccc1cccnc12.c1cnc2c(c1)ccc1cccnc12.c1cnc2c(c1)ccc1cccnc12. The van der Waals surface area contributed by atoms with Gasteiger partial charge in [-0.1, -0.05) is 148 Å². The van der Waals surface area contributed by atoms with E-state index in [0.29, 0.717) is 12.8 Å². The van der Waals surface area contributed by atoms with Crippen molar-refractivity contribution in [2.45, 2.75) is 103 Å². The van der Waals surface area contributed by atoms with Gasteiger partial charge in [0.1, 0.15) is 0 Å². The number of aliphatic carboxylic acids is 4. The van der Waals surface area contributed by atoms with Crippen LogP contribution in [0.2, 0.25) is 0 Å². The summed E-state index contributed by atoms with van der Waals surface area (Å²) in [5.41, 5.74) is 7.82. The van der Waals surface area contributed by atoms with Crippen molar-refractivity contribution in [2.24, 2.45) is 0 Å². The van der Waals surface area contributed by atoms with Crippen LogP contribution in [0.4, 0.5) is 0 Å². The molecule has 0 aliphatic heterocycles. The molecule has 98 heavy (non-hydrogen) atoms. The van der Waals surface area contributed by atoms with Crippen molar-refractivity contribution in [3.8, 4) is 0 Å². The molecule has 0 atom stereocenters. The minimum Gasteiger partial charge on any atom is -0.550 e. The molecule has 30 heteroatoms. The Balaban J connectivity index is 0. The van der Waals surface area contributed by atoms with Gasteiger partial charge in [-0.25, -0.2) is 0 Å². The Labute approximate surface area is 582 Å². The largest absolute Gasteiger partial charge is 2.00 e. The average Bonchev–Trinajstić information content (AvgIpc) is 0.831. The summed E-state index contributed by atoms with van der Waals surface area (Å²) in [6.45, 7) is 0. The number of benzene rings is 4. The second-order valence-electron chi connectivity index (χ2n) is 20.1. The van der Waals surface area contributed by atoms with Gasteiger partial charge in [0.15, 0.2) is 0 Å². The maximum absolute atomic E-state index is 10.1. The summed E-state index contributed by atoms with van der Waals surface area (Å²) in [5.74, 6) is -3.48. The maximum atomic E-state index is 10.1. The normalized spacial score (nSPS) is 9.55. The Bertz CT molecular complexity index is 3580. The molecular formula is C68H76Mn2N10O18+2. The van der Waals surface area contributed by atoms with Crippen LogP contribution in [0.1, 0.15) is 103 Å². The monoisotopic (exact) mass is 1430 g/mol. The number of carboxylic acids is 4. The van der Waals surface area contributed by atoms with Crippen molar-refractivity contribution in [1.29, 1.82) is 0 Å². The van der Waals surface area contributed by atoms with Crippen molar-refractivity contribution in [3.63, 3.8) is 0 Å². The number of hydrogen-bond donors (Lipinski definition) is 2. The number of unbranched alkanes of at least 4 members (excludes halogenated alkanes) is 10. The van der Waals surface area contributed by atoms with E-state index in [4.69, 9.17) is 40.9 Å². The van der Waals surface area contributed by atoms with E-state index in [1.807, 2.05) is 48.5 Å². The van der Waals surface area contributed by atoms with E-state index >= 15 is 0 Å². The number of pyridine rings is 8. The third-order valence-corrected chi connectivity index (χ3v) is 13.4. The standard InChI is InChI=1S/4C12H8N2.2C10H18O4.2Mn.2NO3.4H2O/c4*1-3-9-5-6-10-4-2-8-14-12(10)11(9)13-7-1;2*11-9(12)7-5-3-1-2-4-6-8-10(13)14;;;2*2-1(3)4;;;;/h4*1-8H;2*1-8H2,(H,11,12)(H,13,14);;;;;4*1H2/q;;;;;;2*+2;2*-1;;;;.